The van der Waals surface area contributed by atoms with E-state index in [0.717, 1.165) is 10.3 Å². The number of likely N-dealkylation sites (tertiary alicyclic amines) is 1. The molecule has 1 aliphatic heterocycles. The number of ether oxygens (including phenoxy) is 1. The van der Waals surface area contributed by atoms with Crippen LogP contribution in [-0.4, -0.2) is 46.5 Å². The van der Waals surface area contributed by atoms with Gasteiger partial charge in [0.2, 0.25) is 0 Å². The molecule has 0 aromatic carbocycles. The van der Waals surface area contributed by atoms with Crippen molar-refractivity contribution in [2.45, 2.75) is 39.4 Å². The minimum atomic E-state index is -0.482. The van der Waals surface area contributed by atoms with Gasteiger partial charge in [0.15, 0.2) is 6.10 Å². The third kappa shape index (κ3) is 4.69. The van der Waals surface area contributed by atoms with Gasteiger partial charge in [0, 0.05) is 0 Å². The Hall–Kier alpha value is -1.63. The number of carbonyl (C=O) groups excluding carboxylic acids is 1. The molecule has 0 radical (unpaired) electrons. The molecular weight excluding hydrogens is 350 g/mol. The highest BCUT2D eigenvalue weighted by atomic mass is 79.9. The first-order valence-electron chi connectivity index (χ1n) is 7.06. The van der Waals surface area contributed by atoms with Crippen molar-refractivity contribution in [2.24, 2.45) is 5.16 Å². The van der Waals surface area contributed by atoms with Crippen molar-refractivity contribution in [3.8, 4) is 0 Å². The quantitative estimate of drug-likeness (QED) is 0.466. The number of oxime groups is 1. The Balaban J connectivity index is 1.80. The van der Waals surface area contributed by atoms with Crippen molar-refractivity contribution in [3.63, 3.8) is 0 Å². The lowest BCUT2D eigenvalue weighted by molar-refractivity contribution is -0.0618. The van der Waals surface area contributed by atoms with E-state index in [-0.39, 0.29) is 12.2 Å². The summed E-state index contributed by atoms with van der Waals surface area (Å²) in [6.07, 6.45) is -0.420. The van der Waals surface area contributed by atoms with E-state index < -0.39 is 5.60 Å². The summed E-state index contributed by atoms with van der Waals surface area (Å²) in [6, 6.07) is 5.60. The van der Waals surface area contributed by atoms with Crippen molar-refractivity contribution < 1.29 is 14.4 Å². The predicted molar refractivity (Wildman–Crippen MR) is 86.8 cm³/mol. The van der Waals surface area contributed by atoms with Gasteiger partial charge >= 0.3 is 6.09 Å². The van der Waals surface area contributed by atoms with Crippen molar-refractivity contribution in [1.29, 1.82) is 0 Å². The maximum Gasteiger partial charge on any atom is 0.410 e. The van der Waals surface area contributed by atoms with Crippen molar-refractivity contribution >= 4 is 27.7 Å². The van der Waals surface area contributed by atoms with Gasteiger partial charge in [-0.3, -0.25) is 0 Å². The van der Waals surface area contributed by atoms with Gasteiger partial charge in [0.1, 0.15) is 15.9 Å². The highest BCUT2D eigenvalue weighted by molar-refractivity contribution is 9.10. The van der Waals surface area contributed by atoms with Gasteiger partial charge in [-0.05, 0) is 55.8 Å². The first kappa shape index (κ1) is 16.7. The van der Waals surface area contributed by atoms with E-state index in [1.54, 1.807) is 4.90 Å². The topological polar surface area (TPSA) is 64.0 Å². The molecule has 1 aliphatic rings. The zero-order valence-corrected chi connectivity index (χ0v) is 14.8. The number of halogens is 1. The Morgan fingerprint density at radius 2 is 2.09 bits per heavy atom. The molecule has 1 fully saturated rings. The lowest BCUT2D eigenvalue weighted by Crippen LogP contribution is -2.55. The van der Waals surface area contributed by atoms with Crippen LogP contribution in [0.5, 0.6) is 0 Å². The maximum atomic E-state index is 11.8. The van der Waals surface area contributed by atoms with Gasteiger partial charge in [-0.15, -0.1) is 0 Å². The molecule has 7 heteroatoms. The highest BCUT2D eigenvalue weighted by Crippen LogP contribution is 2.17. The Morgan fingerprint density at radius 3 is 2.68 bits per heavy atom. The number of pyridine rings is 1. The highest BCUT2D eigenvalue weighted by Gasteiger charge is 2.35. The van der Waals surface area contributed by atoms with Crippen LogP contribution < -0.4 is 0 Å². The van der Waals surface area contributed by atoms with Crippen molar-refractivity contribution in [1.82, 2.24) is 9.88 Å². The molecule has 1 saturated heterocycles. The number of hydrogen-bond acceptors (Lipinski definition) is 5. The van der Waals surface area contributed by atoms with E-state index in [4.69, 9.17) is 9.57 Å². The number of nitrogens with zero attached hydrogens (tertiary/aromatic N) is 3. The van der Waals surface area contributed by atoms with Gasteiger partial charge < -0.3 is 14.5 Å². The average Bonchev–Trinajstić information content (AvgIpc) is 2.34. The lowest BCUT2D eigenvalue weighted by Gasteiger charge is -2.37. The normalized spacial score (nSPS) is 16.2. The van der Waals surface area contributed by atoms with Crippen molar-refractivity contribution in [3.05, 3.63) is 28.5 Å². The minimum absolute atomic E-state index is 0.102. The van der Waals surface area contributed by atoms with Crippen LogP contribution in [0.25, 0.3) is 0 Å². The van der Waals surface area contributed by atoms with E-state index >= 15 is 0 Å². The first-order valence-corrected chi connectivity index (χ1v) is 7.85. The van der Waals surface area contributed by atoms with Crippen LogP contribution in [-0.2, 0) is 9.57 Å². The molecule has 1 aromatic rings. The molecule has 6 nitrogen and oxygen atoms in total. The molecule has 0 spiro atoms. The summed E-state index contributed by atoms with van der Waals surface area (Å²) >= 11 is 3.32. The Morgan fingerprint density at radius 1 is 1.41 bits per heavy atom. The zero-order valence-electron chi connectivity index (χ0n) is 13.2. The first-order chi connectivity index (χ1) is 10.2. The minimum Gasteiger partial charge on any atom is -0.444 e. The average molecular weight is 370 g/mol. The third-order valence-electron chi connectivity index (χ3n) is 2.92. The molecule has 0 bridgehead atoms. The molecule has 0 aliphatic carbocycles. The van der Waals surface area contributed by atoms with E-state index in [1.165, 1.54) is 0 Å². The second-order valence-corrected chi connectivity index (χ2v) is 6.95. The summed E-state index contributed by atoms with van der Waals surface area (Å²) in [4.78, 5) is 23.1. The molecule has 0 unspecified atom stereocenters. The summed E-state index contributed by atoms with van der Waals surface area (Å²) in [7, 11) is 0. The van der Waals surface area contributed by atoms with E-state index in [9.17, 15) is 4.79 Å². The van der Waals surface area contributed by atoms with Gasteiger partial charge in [-0.1, -0.05) is 11.2 Å². The predicted octanol–water partition coefficient (Wildman–Crippen LogP) is 3.20. The monoisotopic (exact) mass is 369 g/mol. The number of aromatic nitrogens is 1. The molecule has 1 aromatic heterocycles. The number of carbonyl (C=O) groups is 1. The van der Waals surface area contributed by atoms with Gasteiger partial charge in [-0.25, -0.2) is 9.78 Å². The number of rotatable bonds is 3. The fourth-order valence-electron chi connectivity index (χ4n) is 1.79. The standard InChI is InChI=1S/C15H20BrN3O3/c1-10(12-6-5-7-13(16)17-12)18-22-11-8-19(9-11)14(20)21-15(2,3)4/h5-7,11H,8-9H2,1-4H3/b18-10+. The van der Waals surface area contributed by atoms with Crippen LogP contribution in [0.2, 0.25) is 0 Å². The zero-order chi connectivity index (χ0) is 16.3. The van der Waals surface area contributed by atoms with Crippen LogP contribution >= 0.6 is 15.9 Å². The molecule has 2 heterocycles. The molecule has 1 amide bonds. The van der Waals surface area contributed by atoms with Crippen LogP contribution in [0.1, 0.15) is 33.4 Å². The molecule has 0 saturated carbocycles. The lowest BCUT2D eigenvalue weighted by atomic mass is 10.2. The summed E-state index contributed by atoms with van der Waals surface area (Å²) in [5.74, 6) is 0. The van der Waals surface area contributed by atoms with Crippen LogP contribution in [0, 0.1) is 0 Å². The van der Waals surface area contributed by atoms with E-state index in [2.05, 4.69) is 26.1 Å². The Labute approximate surface area is 138 Å². The van der Waals surface area contributed by atoms with E-state index in [0.29, 0.717) is 18.8 Å². The maximum absolute atomic E-state index is 11.8. The molecule has 120 valence electrons. The Kier molecular flexibility index (Phi) is 5.05. The Bertz CT molecular complexity index is 578. The third-order valence-corrected chi connectivity index (χ3v) is 3.37. The molecule has 22 heavy (non-hydrogen) atoms. The molecule has 2 rings (SSSR count). The summed E-state index contributed by atoms with van der Waals surface area (Å²) in [5.41, 5.74) is 0.958. The van der Waals surface area contributed by atoms with Gasteiger partial charge in [0.05, 0.1) is 18.8 Å². The van der Waals surface area contributed by atoms with Gasteiger partial charge in [0.25, 0.3) is 0 Å². The summed E-state index contributed by atoms with van der Waals surface area (Å²) in [5, 5.41) is 4.08. The molecule has 0 N–H and O–H groups in total. The second kappa shape index (κ2) is 6.64. The van der Waals surface area contributed by atoms with Crippen LogP contribution in [0.3, 0.4) is 0 Å². The van der Waals surface area contributed by atoms with Crippen LogP contribution in [0.15, 0.2) is 28.0 Å². The molecular formula is C15H20BrN3O3. The fraction of sp³-hybridized carbons (Fsp3) is 0.533. The summed E-state index contributed by atoms with van der Waals surface area (Å²) in [6.45, 7) is 8.33. The summed E-state index contributed by atoms with van der Waals surface area (Å²) < 4.78 is 6.03. The smallest absolute Gasteiger partial charge is 0.410 e. The SMILES string of the molecule is C/C(=N\OC1CN(C(=O)OC(C)(C)C)C1)c1cccc(Br)n1. The second-order valence-electron chi connectivity index (χ2n) is 6.13. The van der Waals surface area contributed by atoms with Gasteiger partial charge in [-0.2, -0.15) is 0 Å². The number of hydrogen-bond donors (Lipinski definition) is 0. The molecule has 0 atom stereocenters. The van der Waals surface area contributed by atoms with Crippen molar-refractivity contribution in [2.75, 3.05) is 13.1 Å². The largest absolute Gasteiger partial charge is 0.444 e. The fourth-order valence-corrected chi connectivity index (χ4v) is 2.13. The van der Waals surface area contributed by atoms with Crippen LogP contribution in [0.4, 0.5) is 4.79 Å². The van der Waals surface area contributed by atoms with E-state index in [1.807, 2.05) is 45.9 Å². The number of amides is 1.